The number of pyridine rings is 4. The van der Waals surface area contributed by atoms with Crippen LogP contribution in [0.15, 0.2) is 67.3 Å². The largest absolute Gasteiger partial charge is 0.335 e. The van der Waals surface area contributed by atoms with E-state index in [4.69, 9.17) is 4.98 Å². The van der Waals surface area contributed by atoms with Crippen LogP contribution in [-0.2, 0) is 0 Å². The zero-order valence-corrected chi connectivity index (χ0v) is 16.5. The average Bonchev–Trinajstić information content (AvgIpc) is 3.43. The van der Waals surface area contributed by atoms with Gasteiger partial charge >= 0.3 is 0 Å². The maximum absolute atomic E-state index is 4.87. The first-order valence-corrected chi connectivity index (χ1v) is 9.80. The van der Waals surface area contributed by atoms with E-state index in [0.717, 1.165) is 44.6 Å². The summed E-state index contributed by atoms with van der Waals surface area (Å²) in [5.41, 5.74) is 8.35. The van der Waals surface area contributed by atoms with E-state index in [9.17, 15) is 0 Å². The Morgan fingerprint density at radius 1 is 0.806 bits per heavy atom. The van der Waals surface area contributed by atoms with Crippen LogP contribution < -0.4 is 0 Å². The molecular formula is C23H16N8. The molecule has 6 rings (SSSR count). The van der Waals surface area contributed by atoms with Crippen molar-refractivity contribution in [2.24, 2.45) is 0 Å². The highest BCUT2D eigenvalue weighted by Crippen LogP contribution is 2.30. The predicted molar refractivity (Wildman–Crippen MR) is 118 cm³/mol. The van der Waals surface area contributed by atoms with Crippen molar-refractivity contribution >= 4 is 22.2 Å². The van der Waals surface area contributed by atoms with Crippen molar-refractivity contribution in [3.63, 3.8) is 0 Å². The molecule has 6 aromatic rings. The van der Waals surface area contributed by atoms with Gasteiger partial charge in [0.15, 0.2) is 17.2 Å². The van der Waals surface area contributed by atoms with Gasteiger partial charge in [0.25, 0.3) is 0 Å². The van der Waals surface area contributed by atoms with Crippen LogP contribution in [0.25, 0.3) is 56.2 Å². The number of rotatable bonds is 3. The molecule has 0 aromatic carbocycles. The Morgan fingerprint density at radius 3 is 2.65 bits per heavy atom. The molecule has 6 aromatic heterocycles. The van der Waals surface area contributed by atoms with Gasteiger partial charge in [-0.1, -0.05) is 6.07 Å². The van der Waals surface area contributed by atoms with Crippen LogP contribution in [0.3, 0.4) is 0 Å². The molecule has 0 atom stereocenters. The molecule has 0 fully saturated rings. The molecule has 0 saturated carbocycles. The number of imidazole rings is 1. The SMILES string of the molecule is Cc1ccncc1-c1ccc2[nH]nc(-c3nc4nccc(-c5ccccn5)c4[nH]3)c2n1. The molecule has 8 heteroatoms. The van der Waals surface area contributed by atoms with Crippen LogP contribution in [0.4, 0.5) is 0 Å². The Morgan fingerprint density at radius 2 is 1.77 bits per heavy atom. The van der Waals surface area contributed by atoms with Crippen LogP contribution >= 0.6 is 0 Å². The van der Waals surface area contributed by atoms with Gasteiger partial charge in [-0.05, 0) is 48.9 Å². The second-order valence-corrected chi connectivity index (χ2v) is 7.21. The fraction of sp³-hybridized carbons (Fsp3) is 0.0435. The van der Waals surface area contributed by atoms with Gasteiger partial charge in [0.1, 0.15) is 5.52 Å². The number of hydrogen-bond acceptors (Lipinski definition) is 6. The van der Waals surface area contributed by atoms with E-state index in [-0.39, 0.29) is 0 Å². The van der Waals surface area contributed by atoms with Crippen molar-refractivity contribution in [3.05, 3.63) is 72.8 Å². The van der Waals surface area contributed by atoms with E-state index in [1.165, 1.54) is 0 Å². The van der Waals surface area contributed by atoms with E-state index < -0.39 is 0 Å². The van der Waals surface area contributed by atoms with Gasteiger partial charge in [0.05, 0.1) is 22.4 Å². The zero-order valence-electron chi connectivity index (χ0n) is 16.5. The monoisotopic (exact) mass is 404 g/mol. The minimum absolute atomic E-state index is 0.602. The van der Waals surface area contributed by atoms with E-state index >= 15 is 0 Å². The van der Waals surface area contributed by atoms with E-state index in [0.29, 0.717) is 17.2 Å². The number of aryl methyl sites for hydroxylation is 1. The third kappa shape index (κ3) is 2.84. The lowest BCUT2D eigenvalue weighted by molar-refractivity contribution is 1.10. The summed E-state index contributed by atoms with van der Waals surface area (Å²) in [5.74, 6) is 0.602. The molecule has 0 aliphatic rings. The van der Waals surface area contributed by atoms with Crippen LogP contribution in [0.5, 0.6) is 0 Å². The van der Waals surface area contributed by atoms with Crippen molar-refractivity contribution in [1.82, 2.24) is 40.1 Å². The van der Waals surface area contributed by atoms with Crippen molar-refractivity contribution in [1.29, 1.82) is 0 Å². The summed E-state index contributed by atoms with van der Waals surface area (Å²) in [7, 11) is 0. The summed E-state index contributed by atoms with van der Waals surface area (Å²) in [6.45, 7) is 2.04. The molecular weight excluding hydrogens is 388 g/mol. The lowest BCUT2D eigenvalue weighted by Crippen LogP contribution is -1.90. The topological polar surface area (TPSA) is 109 Å². The summed E-state index contributed by atoms with van der Waals surface area (Å²) < 4.78 is 0. The number of aromatic amines is 2. The maximum Gasteiger partial charge on any atom is 0.178 e. The Balaban J connectivity index is 1.52. The second kappa shape index (κ2) is 6.81. The lowest BCUT2D eigenvalue weighted by Gasteiger charge is -2.04. The normalized spacial score (nSPS) is 11.4. The highest BCUT2D eigenvalue weighted by Gasteiger charge is 2.17. The van der Waals surface area contributed by atoms with Gasteiger partial charge in [-0.3, -0.25) is 15.1 Å². The lowest BCUT2D eigenvalue weighted by atomic mass is 10.1. The van der Waals surface area contributed by atoms with E-state index in [1.54, 1.807) is 18.6 Å². The number of nitrogens with one attached hydrogen (secondary N) is 2. The van der Waals surface area contributed by atoms with Gasteiger partial charge in [-0.2, -0.15) is 5.10 Å². The molecule has 8 nitrogen and oxygen atoms in total. The van der Waals surface area contributed by atoms with Gasteiger partial charge in [-0.25, -0.2) is 15.0 Å². The van der Waals surface area contributed by atoms with Crippen molar-refractivity contribution < 1.29 is 0 Å². The molecule has 2 N–H and O–H groups in total. The van der Waals surface area contributed by atoms with Crippen molar-refractivity contribution in [3.8, 4) is 34.0 Å². The van der Waals surface area contributed by atoms with E-state index in [2.05, 4.69) is 35.1 Å². The van der Waals surface area contributed by atoms with Crippen LogP contribution in [0.1, 0.15) is 5.56 Å². The predicted octanol–water partition coefficient (Wildman–Crippen LogP) is 4.33. The molecule has 0 unspecified atom stereocenters. The van der Waals surface area contributed by atoms with Crippen LogP contribution in [0, 0.1) is 6.92 Å². The summed E-state index contributed by atoms with van der Waals surface area (Å²) in [6, 6.07) is 13.7. The summed E-state index contributed by atoms with van der Waals surface area (Å²) in [4.78, 5) is 26.0. The smallest absolute Gasteiger partial charge is 0.178 e. The number of aromatic nitrogens is 8. The number of fused-ring (bicyclic) bond motifs is 2. The van der Waals surface area contributed by atoms with Gasteiger partial charge in [0, 0.05) is 35.9 Å². The minimum atomic E-state index is 0.602. The molecule has 148 valence electrons. The fourth-order valence-corrected chi connectivity index (χ4v) is 3.70. The first kappa shape index (κ1) is 17.4. The number of hydrogen-bond donors (Lipinski definition) is 2. The third-order valence-electron chi connectivity index (χ3n) is 5.28. The second-order valence-electron chi connectivity index (χ2n) is 7.21. The third-order valence-corrected chi connectivity index (χ3v) is 5.28. The van der Waals surface area contributed by atoms with Crippen LogP contribution in [-0.4, -0.2) is 40.1 Å². The van der Waals surface area contributed by atoms with Gasteiger partial charge < -0.3 is 4.98 Å². The molecule has 0 bridgehead atoms. The fourth-order valence-electron chi connectivity index (χ4n) is 3.70. The summed E-state index contributed by atoms with van der Waals surface area (Å²) >= 11 is 0. The Kier molecular flexibility index (Phi) is 3.82. The highest BCUT2D eigenvalue weighted by molar-refractivity contribution is 5.94. The quantitative estimate of drug-likeness (QED) is 0.454. The molecule has 0 radical (unpaired) electrons. The van der Waals surface area contributed by atoms with Crippen molar-refractivity contribution in [2.75, 3.05) is 0 Å². The highest BCUT2D eigenvalue weighted by atomic mass is 15.2. The Bertz CT molecular complexity index is 1550. The molecule has 0 saturated heterocycles. The Hall–Kier alpha value is -4.46. The summed E-state index contributed by atoms with van der Waals surface area (Å²) in [5, 5.41) is 7.53. The zero-order chi connectivity index (χ0) is 20.8. The van der Waals surface area contributed by atoms with Gasteiger partial charge in [0.2, 0.25) is 0 Å². The first-order valence-electron chi connectivity index (χ1n) is 9.80. The number of nitrogens with zero attached hydrogens (tertiary/aromatic N) is 6. The molecule has 31 heavy (non-hydrogen) atoms. The molecule has 0 aliphatic carbocycles. The first-order chi connectivity index (χ1) is 15.3. The minimum Gasteiger partial charge on any atom is -0.335 e. The molecule has 0 amide bonds. The van der Waals surface area contributed by atoms with E-state index in [1.807, 2.05) is 55.6 Å². The average molecular weight is 404 g/mol. The van der Waals surface area contributed by atoms with Crippen LogP contribution in [0.2, 0.25) is 0 Å². The number of H-pyrrole nitrogens is 2. The van der Waals surface area contributed by atoms with Crippen molar-refractivity contribution in [2.45, 2.75) is 6.92 Å². The Labute approximate surface area is 176 Å². The summed E-state index contributed by atoms with van der Waals surface area (Å²) in [6.07, 6.45) is 7.11. The maximum atomic E-state index is 4.87. The molecule has 6 heterocycles. The van der Waals surface area contributed by atoms with Gasteiger partial charge in [-0.15, -0.1) is 0 Å². The molecule has 0 spiro atoms. The standard InChI is InChI=1S/C23H16N8/c1-13-7-10-24-12-15(13)17-5-6-18-20(27-17)21(31-30-18)23-28-19-14(8-11-26-22(19)29-23)16-4-2-3-9-25-16/h2-12H,1H3,(H,30,31)(H,26,28,29). The molecule has 0 aliphatic heterocycles.